The molecule has 2 aromatic carbocycles. The predicted molar refractivity (Wildman–Crippen MR) is 91.4 cm³/mol. The molecule has 0 aliphatic heterocycles. The summed E-state index contributed by atoms with van der Waals surface area (Å²) in [7, 11) is 1.42. The van der Waals surface area contributed by atoms with Crippen LogP contribution in [0.3, 0.4) is 0 Å². The van der Waals surface area contributed by atoms with Crippen molar-refractivity contribution in [2.75, 3.05) is 12.9 Å². The van der Waals surface area contributed by atoms with Crippen molar-refractivity contribution >= 4 is 17.7 Å². The van der Waals surface area contributed by atoms with E-state index in [-0.39, 0.29) is 17.7 Å². The van der Waals surface area contributed by atoms with Crippen LogP contribution in [0.25, 0.3) is 0 Å². The highest BCUT2D eigenvalue weighted by atomic mass is 32.2. The molecule has 2 aromatic rings. The molecule has 0 aliphatic rings. The second-order valence-corrected chi connectivity index (χ2v) is 6.25. The molecule has 0 heterocycles. The Bertz CT molecular complexity index is 690. The Morgan fingerprint density at radius 1 is 1.30 bits per heavy atom. The van der Waals surface area contributed by atoms with Crippen LogP contribution in [0, 0.1) is 12.7 Å². The van der Waals surface area contributed by atoms with Gasteiger partial charge in [-0.25, -0.2) is 4.39 Å². The van der Waals surface area contributed by atoms with Crippen molar-refractivity contribution in [2.45, 2.75) is 24.8 Å². The zero-order chi connectivity index (χ0) is 16.8. The molecular weight excluding hydrogens is 313 g/mol. The Morgan fingerprint density at radius 2 is 2.04 bits per heavy atom. The van der Waals surface area contributed by atoms with Crippen molar-refractivity contribution in [1.82, 2.24) is 5.32 Å². The maximum Gasteiger partial charge on any atom is 0.230 e. The summed E-state index contributed by atoms with van der Waals surface area (Å²) < 4.78 is 18.6. The molecule has 5 heteroatoms. The van der Waals surface area contributed by atoms with Crippen molar-refractivity contribution in [1.29, 1.82) is 0 Å². The first-order chi connectivity index (χ1) is 11.0. The van der Waals surface area contributed by atoms with E-state index in [9.17, 15) is 9.18 Å². The lowest BCUT2D eigenvalue weighted by Gasteiger charge is -2.15. The van der Waals surface area contributed by atoms with Crippen molar-refractivity contribution in [3.63, 3.8) is 0 Å². The van der Waals surface area contributed by atoms with Gasteiger partial charge in [-0.15, -0.1) is 11.8 Å². The average Bonchev–Trinajstić information content (AvgIpc) is 2.54. The number of carbonyl (C=O) groups is 1. The molecule has 0 fully saturated rings. The molecule has 1 unspecified atom stereocenters. The number of carbonyl (C=O) groups excluding carboxylic acids is 1. The second-order valence-electron chi connectivity index (χ2n) is 5.24. The fraction of sp³-hybridized carbons (Fsp3) is 0.278. The maximum absolute atomic E-state index is 13.7. The third kappa shape index (κ3) is 4.73. The number of rotatable bonds is 6. The number of ether oxygens (including phenoxy) is 1. The number of nitrogens with one attached hydrogen (secondary N) is 1. The number of thioether (sulfide) groups is 1. The van der Waals surface area contributed by atoms with Crippen LogP contribution < -0.4 is 10.1 Å². The normalized spacial score (nSPS) is 11.8. The molecule has 23 heavy (non-hydrogen) atoms. The number of hydrogen-bond donors (Lipinski definition) is 1. The van der Waals surface area contributed by atoms with Crippen molar-refractivity contribution in [2.24, 2.45) is 0 Å². The van der Waals surface area contributed by atoms with Gasteiger partial charge in [-0.2, -0.15) is 0 Å². The summed E-state index contributed by atoms with van der Waals surface area (Å²) in [6.45, 7) is 3.85. The summed E-state index contributed by atoms with van der Waals surface area (Å²) in [6.07, 6.45) is 0. The lowest BCUT2D eigenvalue weighted by atomic mass is 10.1. The molecule has 1 atom stereocenters. The van der Waals surface area contributed by atoms with E-state index in [1.54, 1.807) is 12.1 Å². The summed E-state index contributed by atoms with van der Waals surface area (Å²) in [5.41, 5.74) is 1.85. The SMILES string of the molecule is COc1ccc(C(C)NC(=O)CSc2ccccc2C)cc1F. The fourth-order valence-corrected chi connectivity index (χ4v) is 3.02. The monoisotopic (exact) mass is 333 g/mol. The van der Waals surface area contributed by atoms with Gasteiger partial charge in [-0.3, -0.25) is 4.79 Å². The molecule has 0 radical (unpaired) electrons. The van der Waals surface area contributed by atoms with E-state index in [1.807, 2.05) is 38.1 Å². The van der Waals surface area contributed by atoms with Gasteiger partial charge in [0.05, 0.1) is 18.9 Å². The van der Waals surface area contributed by atoms with Crippen molar-refractivity contribution in [3.8, 4) is 5.75 Å². The van der Waals surface area contributed by atoms with Gasteiger partial charge in [0.1, 0.15) is 0 Å². The Balaban J connectivity index is 1.92. The van der Waals surface area contributed by atoms with Crippen LogP contribution in [0.15, 0.2) is 47.4 Å². The minimum Gasteiger partial charge on any atom is -0.494 e. The number of hydrogen-bond acceptors (Lipinski definition) is 3. The Morgan fingerprint density at radius 3 is 2.70 bits per heavy atom. The summed E-state index contributed by atoms with van der Waals surface area (Å²) >= 11 is 1.50. The molecule has 1 N–H and O–H groups in total. The number of benzene rings is 2. The van der Waals surface area contributed by atoms with Crippen LogP contribution in [0.4, 0.5) is 4.39 Å². The Labute approximate surface area is 140 Å². The molecule has 3 nitrogen and oxygen atoms in total. The van der Waals surface area contributed by atoms with Gasteiger partial charge in [0.25, 0.3) is 0 Å². The van der Waals surface area contributed by atoms with Crippen LogP contribution in [0.5, 0.6) is 5.75 Å². The minimum atomic E-state index is -0.430. The second kappa shape index (κ2) is 8.02. The standard InChI is InChI=1S/C18H20FNO2S/c1-12-6-4-5-7-17(12)23-11-18(21)20-13(2)14-8-9-16(22-3)15(19)10-14/h4-10,13H,11H2,1-3H3,(H,20,21). The number of amides is 1. The number of aryl methyl sites for hydroxylation is 1. The molecule has 0 aromatic heterocycles. The molecule has 1 amide bonds. The lowest BCUT2D eigenvalue weighted by Crippen LogP contribution is -2.28. The van der Waals surface area contributed by atoms with E-state index in [2.05, 4.69) is 5.32 Å². The van der Waals surface area contributed by atoms with E-state index < -0.39 is 5.82 Å². The topological polar surface area (TPSA) is 38.3 Å². The minimum absolute atomic E-state index is 0.0815. The van der Waals surface area contributed by atoms with Gasteiger partial charge in [-0.1, -0.05) is 24.3 Å². The van der Waals surface area contributed by atoms with Gasteiger partial charge in [-0.05, 0) is 43.2 Å². The Kier molecular flexibility index (Phi) is 6.04. The molecule has 0 saturated carbocycles. The van der Waals surface area contributed by atoms with E-state index in [0.29, 0.717) is 11.3 Å². The predicted octanol–water partition coefficient (Wildman–Crippen LogP) is 4.11. The van der Waals surface area contributed by atoms with Gasteiger partial charge in [0.15, 0.2) is 11.6 Å². The maximum atomic E-state index is 13.7. The van der Waals surface area contributed by atoms with E-state index in [1.165, 1.54) is 24.9 Å². The molecule has 2 rings (SSSR count). The number of methoxy groups -OCH3 is 1. The van der Waals surface area contributed by atoms with Crippen molar-refractivity contribution < 1.29 is 13.9 Å². The van der Waals surface area contributed by atoms with Crippen LogP contribution >= 0.6 is 11.8 Å². The van der Waals surface area contributed by atoms with Crippen molar-refractivity contribution in [3.05, 3.63) is 59.4 Å². The molecular formula is C18H20FNO2S. The molecule has 0 saturated heterocycles. The third-order valence-electron chi connectivity index (χ3n) is 3.51. The average molecular weight is 333 g/mol. The zero-order valence-electron chi connectivity index (χ0n) is 13.4. The first kappa shape index (κ1) is 17.3. The highest BCUT2D eigenvalue weighted by Crippen LogP contribution is 2.23. The summed E-state index contributed by atoms with van der Waals surface area (Å²) in [5.74, 6) is 0.0122. The summed E-state index contributed by atoms with van der Waals surface area (Å²) in [4.78, 5) is 13.2. The van der Waals surface area contributed by atoms with E-state index in [4.69, 9.17) is 4.74 Å². The van der Waals surface area contributed by atoms with Gasteiger partial charge in [0, 0.05) is 4.90 Å². The highest BCUT2D eigenvalue weighted by molar-refractivity contribution is 8.00. The first-order valence-corrected chi connectivity index (χ1v) is 8.31. The zero-order valence-corrected chi connectivity index (χ0v) is 14.2. The third-order valence-corrected chi connectivity index (χ3v) is 4.68. The summed E-state index contributed by atoms with van der Waals surface area (Å²) in [5, 5.41) is 2.88. The van der Waals surface area contributed by atoms with Gasteiger partial charge < -0.3 is 10.1 Å². The van der Waals surface area contributed by atoms with E-state index >= 15 is 0 Å². The number of halogens is 1. The van der Waals surface area contributed by atoms with E-state index in [0.717, 1.165) is 10.5 Å². The van der Waals surface area contributed by atoms with Gasteiger partial charge >= 0.3 is 0 Å². The molecule has 122 valence electrons. The van der Waals surface area contributed by atoms with Crippen LogP contribution in [0.1, 0.15) is 24.1 Å². The quantitative estimate of drug-likeness (QED) is 0.809. The van der Waals surface area contributed by atoms with Crippen LogP contribution in [-0.2, 0) is 4.79 Å². The molecule has 0 bridgehead atoms. The van der Waals surface area contributed by atoms with Gasteiger partial charge in [0.2, 0.25) is 5.91 Å². The highest BCUT2D eigenvalue weighted by Gasteiger charge is 2.13. The molecule has 0 spiro atoms. The first-order valence-electron chi connectivity index (χ1n) is 7.32. The Hall–Kier alpha value is -2.01. The van der Waals surface area contributed by atoms with Crippen LogP contribution in [0.2, 0.25) is 0 Å². The fourth-order valence-electron chi connectivity index (χ4n) is 2.18. The smallest absolute Gasteiger partial charge is 0.230 e. The lowest BCUT2D eigenvalue weighted by molar-refractivity contribution is -0.119. The summed E-state index contributed by atoms with van der Waals surface area (Å²) in [6, 6.07) is 12.4. The largest absolute Gasteiger partial charge is 0.494 e. The molecule has 0 aliphatic carbocycles. The van der Waals surface area contributed by atoms with Crippen LogP contribution in [-0.4, -0.2) is 18.8 Å².